The Kier molecular flexibility index (Phi) is 6.29. The number of benzene rings is 2. The van der Waals surface area contributed by atoms with Crippen LogP contribution in [0.1, 0.15) is 37.0 Å². The molecule has 8 heteroatoms. The molecule has 0 unspecified atom stereocenters. The minimum Gasteiger partial charge on any atom is -0.493 e. The maximum Gasteiger partial charge on any atom is 0.418 e. The molecule has 2 aromatic carbocycles. The summed E-state index contributed by atoms with van der Waals surface area (Å²) in [6, 6.07) is 9.72. The van der Waals surface area contributed by atoms with Crippen LogP contribution < -0.4 is 4.74 Å². The molecule has 1 heterocycles. The lowest BCUT2D eigenvalue weighted by molar-refractivity contribution is -0.257. The van der Waals surface area contributed by atoms with Gasteiger partial charge in [0.2, 0.25) is 0 Å². The van der Waals surface area contributed by atoms with Gasteiger partial charge in [0.1, 0.15) is 5.75 Å². The van der Waals surface area contributed by atoms with Gasteiger partial charge in [0.25, 0.3) is 0 Å². The molecule has 3 rings (SSSR count). The summed E-state index contributed by atoms with van der Waals surface area (Å²) in [6.07, 6.45) is -5.02. The van der Waals surface area contributed by atoms with Crippen LogP contribution >= 0.6 is 11.6 Å². The van der Waals surface area contributed by atoms with Crippen molar-refractivity contribution in [3.05, 3.63) is 58.1 Å². The number of hydrogen-bond donors (Lipinski definition) is 1. The number of halogens is 4. The number of rotatable bonds is 6. The van der Waals surface area contributed by atoms with Crippen LogP contribution in [-0.4, -0.2) is 33.5 Å². The van der Waals surface area contributed by atoms with E-state index < -0.39 is 40.2 Å². The van der Waals surface area contributed by atoms with Crippen molar-refractivity contribution in [2.24, 2.45) is 0 Å². The smallest absolute Gasteiger partial charge is 0.418 e. The third kappa shape index (κ3) is 4.68. The summed E-state index contributed by atoms with van der Waals surface area (Å²) in [5.74, 6) is -0.430. The molecular weight excluding hydrogens is 437 g/mol. The molecule has 0 aliphatic carbocycles. The zero-order chi connectivity index (χ0) is 22.3. The van der Waals surface area contributed by atoms with Crippen LogP contribution in [0, 0.1) is 6.92 Å². The quantitative estimate of drug-likeness (QED) is 0.632. The number of alkyl halides is 3. The first-order chi connectivity index (χ1) is 13.8. The van der Waals surface area contributed by atoms with Crippen LogP contribution in [0.5, 0.6) is 5.75 Å². The molecule has 30 heavy (non-hydrogen) atoms. The van der Waals surface area contributed by atoms with E-state index >= 15 is 0 Å². The van der Waals surface area contributed by atoms with Crippen molar-refractivity contribution in [3.8, 4) is 5.75 Å². The second-order valence-electron chi connectivity index (χ2n) is 8.43. The lowest BCUT2D eigenvalue weighted by atomic mass is 9.74. The van der Waals surface area contributed by atoms with Gasteiger partial charge in [0.05, 0.1) is 23.2 Å². The van der Waals surface area contributed by atoms with Gasteiger partial charge >= 0.3 is 6.18 Å². The Morgan fingerprint density at radius 2 is 1.80 bits per heavy atom. The summed E-state index contributed by atoms with van der Waals surface area (Å²) in [7, 11) is -2.03. The van der Waals surface area contributed by atoms with E-state index in [2.05, 4.69) is 0 Å². The Morgan fingerprint density at radius 3 is 2.40 bits per heavy atom. The number of hydrogen-bond acceptors (Lipinski definition) is 3. The summed E-state index contributed by atoms with van der Waals surface area (Å²) in [6.45, 7) is 5.46. The standard InChI is InChI=1S/C22H24ClF3O3S/c1-14-4-6-17(7-5-14)30(28)13-21(27,22(24,25)26)12-20(2,3)18-11-16(23)10-15-8-9-29-19(15)18/h4-7,10-11,27H,8-9,12-13H2,1-3H3/t21-,30-/m1/s1. The fourth-order valence-corrected chi connectivity index (χ4v) is 5.37. The van der Waals surface area contributed by atoms with Gasteiger partial charge in [-0.15, -0.1) is 0 Å². The third-order valence-electron chi connectivity index (χ3n) is 5.39. The minimum absolute atomic E-state index is 0.244. The summed E-state index contributed by atoms with van der Waals surface area (Å²) >= 11 is 6.18. The topological polar surface area (TPSA) is 46.5 Å². The monoisotopic (exact) mass is 460 g/mol. The molecule has 0 fully saturated rings. The van der Waals surface area contributed by atoms with E-state index in [1.165, 1.54) is 12.1 Å². The molecule has 0 aromatic heterocycles. The highest BCUT2D eigenvalue weighted by atomic mass is 35.5. The van der Waals surface area contributed by atoms with E-state index in [4.69, 9.17) is 16.3 Å². The van der Waals surface area contributed by atoms with Crippen LogP contribution in [0.25, 0.3) is 0 Å². The van der Waals surface area contributed by atoms with Crippen LogP contribution in [0.15, 0.2) is 41.3 Å². The zero-order valence-corrected chi connectivity index (χ0v) is 18.5. The molecule has 3 nitrogen and oxygen atoms in total. The Labute approximate surface area is 181 Å². The Hall–Kier alpha value is -1.57. The van der Waals surface area contributed by atoms with Crippen LogP contribution in [0.4, 0.5) is 13.2 Å². The van der Waals surface area contributed by atoms with Crippen molar-refractivity contribution in [1.82, 2.24) is 0 Å². The van der Waals surface area contributed by atoms with Gasteiger partial charge < -0.3 is 9.84 Å². The second kappa shape index (κ2) is 8.17. The van der Waals surface area contributed by atoms with E-state index in [1.54, 1.807) is 38.1 Å². The molecule has 0 saturated carbocycles. The summed E-state index contributed by atoms with van der Waals surface area (Å²) in [5, 5.41) is 11.2. The molecule has 0 spiro atoms. The zero-order valence-electron chi connectivity index (χ0n) is 17.0. The van der Waals surface area contributed by atoms with Crippen molar-refractivity contribution in [3.63, 3.8) is 0 Å². The molecule has 2 aromatic rings. The average molecular weight is 461 g/mol. The predicted molar refractivity (Wildman–Crippen MR) is 112 cm³/mol. The van der Waals surface area contributed by atoms with Crippen molar-refractivity contribution in [2.75, 3.05) is 12.4 Å². The van der Waals surface area contributed by atoms with E-state index in [0.717, 1.165) is 11.1 Å². The molecule has 2 atom stereocenters. The van der Waals surface area contributed by atoms with Crippen molar-refractivity contribution < 1.29 is 27.2 Å². The van der Waals surface area contributed by atoms with Gasteiger partial charge in [-0.1, -0.05) is 43.1 Å². The maximum absolute atomic E-state index is 14.0. The molecule has 0 saturated heterocycles. The van der Waals surface area contributed by atoms with Crippen molar-refractivity contribution in [1.29, 1.82) is 0 Å². The van der Waals surface area contributed by atoms with Crippen molar-refractivity contribution in [2.45, 2.75) is 55.7 Å². The first kappa shape index (κ1) is 23.1. The number of aliphatic hydroxyl groups is 1. The lowest BCUT2D eigenvalue weighted by Crippen LogP contribution is -2.53. The highest BCUT2D eigenvalue weighted by Gasteiger charge is 2.57. The molecule has 0 amide bonds. The second-order valence-corrected chi connectivity index (χ2v) is 10.3. The average Bonchev–Trinajstić information content (AvgIpc) is 3.08. The Bertz CT molecular complexity index is 957. The summed E-state index contributed by atoms with van der Waals surface area (Å²) < 4.78 is 60.3. The Morgan fingerprint density at radius 1 is 1.17 bits per heavy atom. The largest absolute Gasteiger partial charge is 0.493 e. The van der Waals surface area contributed by atoms with Crippen LogP contribution in [0.3, 0.4) is 0 Å². The third-order valence-corrected chi connectivity index (χ3v) is 7.15. The first-order valence-electron chi connectivity index (χ1n) is 9.52. The van der Waals surface area contributed by atoms with E-state index in [1.807, 2.05) is 6.92 Å². The van der Waals surface area contributed by atoms with Gasteiger partial charge in [-0.05, 0) is 48.6 Å². The predicted octanol–water partition coefficient (Wildman–Crippen LogP) is 5.35. The highest BCUT2D eigenvalue weighted by molar-refractivity contribution is 7.85. The van der Waals surface area contributed by atoms with Gasteiger partial charge in [-0.2, -0.15) is 13.2 Å². The molecule has 1 aliphatic heterocycles. The number of ether oxygens (including phenoxy) is 1. The van der Waals surface area contributed by atoms with Crippen molar-refractivity contribution >= 4 is 22.4 Å². The SMILES string of the molecule is Cc1ccc([S@](=O)C[C@](O)(CC(C)(C)c2cc(Cl)cc3c2OCC3)C(F)(F)F)cc1. The fraction of sp³-hybridized carbons (Fsp3) is 0.455. The molecule has 1 aliphatic rings. The fourth-order valence-electron chi connectivity index (χ4n) is 3.82. The normalized spacial score (nSPS) is 17.2. The van der Waals surface area contributed by atoms with E-state index in [-0.39, 0.29) is 4.90 Å². The van der Waals surface area contributed by atoms with Gasteiger partial charge in [0.15, 0.2) is 5.60 Å². The number of aryl methyl sites for hydroxylation is 1. The summed E-state index contributed by atoms with van der Waals surface area (Å²) in [4.78, 5) is 0.244. The molecule has 0 bridgehead atoms. The number of fused-ring (bicyclic) bond motifs is 1. The summed E-state index contributed by atoms with van der Waals surface area (Å²) in [5.41, 5.74) is -2.05. The minimum atomic E-state index is -4.97. The van der Waals surface area contributed by atoms with E-state index in [9.17, 15) is 22.5 Å². The molecular formula is C22H24ClF3O3S. The van der Waals surface area contributed by atoms with Gasteiger partial charge in [-0.3, -0.25) is 4.21 Å². The highest BCUT2D eigenvalue weighted by Crippen LogP contribution is 2.46. The van der Waals surface area contributed by atoms with Gasteiger partial charge in [0, 0.05) is 21.9 Å². The molecule has 164 valence electrons. The first-order valence-corrected chi connectivity index (χ1v) is 11.2. The lowest BCUT2D eigenvalue weighted by Gasteiger charge is -2.38. The van der Waals surface area contributed by atoms with Crippen LogP contribution in [-0.2, 0) is 22.6 Å². The Balaban J connectivity index is 1.94. The maximum atomic E-state index is 14.0. The molecule has 0 radical (unpaired) electrons. The van der Waals surface area contributed by atoms with Gasteiger partial charge in [-0.25, -0.2) is 0 Å². The van der Waals surface area contributed by atoms with E-state index in [0.29, 0.717) is 29.4 Å². The van der Waals surface area contributed by atoms with Crippen LogP contribution in [0.2, 0.25) is 5.02 Å². The molecule has 1 N–H and O–H groups in total.